The highest BCUT2D eigenvalue weighted by molar-refractivity contribution is 5.97. The Labute approximate surface area is 180 Å². The minimum atomic E-state index is -1.03. The maximum Gasteiger partial charge on any atom is 0.259 e. The Morgan fingerprint density at radius 2 is 1.90 bits per heavy atom. The van der Waals surface area contributed by atoms with Crippen LogP contribution < -0.4 is 10.5 Å². The number of nitrogens with zero attached hydrogens (tertiary/aromatic N) is 4. The molecular weight excluding hydrogens is 394 g/mol. The van der Waals surface area contributed by atoms with Crippen molar-refractivity contribution in [2.45, 2.75) is 25.2 Å². The molecule has 8 heteroatoms. The van der Waals surface area contributed by atoms with Crippen molar-refractivity contribution in [2.75, 3.05) is 13.1 Å². The third-order valence-corrected chi connectivity index (χ3v) is 5.51. The summed E-state index contributed by atoms with van der Waals surface area (Å²) in [5.74, 6) is -0.0929. The summed E-state index contributed by atoms with van der Waals surface area (Å²) in [5, 5.41) is 0. The van der Waals surface area contributed by atoms with Crippen molar-refractivity contribution in [3.8, 4) is 11.6 Å². The Kier molecular flexibility index (Phi) is 5.62. The van der Waals surface area contributed by atoms with E-state index in [0.717, 1.165) is 5.69 Å². The van der Waals surface area contributed by atoms with Gasteiger partial charge in [-0.1, -0.05) is 6.07 Å². The van der Waals surface area contributed by atoms with E-state index in [1.165, 1.54) is 0 Å². The molecule has 3 aromatic heterocycles. The molecule has 1 fully saturated rings. The second-order valence-electron chi connectivity index (χ2n) is 7.59. The van der Waals surface area contributed by atoms with E-state index < -0.39 is 11.3 Å². The van der Waals surface area contributed by atoms with E-state index in [9.17, 15) is 9.59 Å². The van der Waals surface area contributed by atoms with Crippen LogP contribution in [-0.4, -0.2) is 44.8 Å². The van der Waals surface area contributed by atoms with E-state index in [0.29, 0.717) is 36.4 Å². The lowest BCUT2D eigenvalue weighted by Gasteiger charge is -2.40. The van der Waals surface area contributed by atoms with Gasteiger partial charge in [0.2, 0.25) is 11.8 Å². The van der Waals surface area contributed by atoms with Crippen LogP contribution in [0, 0.1) is 6.92 Å². The monoisotopic (exact) mass is 417 g/mol. The zero-order valence-electron chi connectivity index (χ0n) is 17.2. The standard InChI is InChI=1S/C23H23N5O3/c1-16-8-9-17(14-27-16)31-20-18(6-4-12-26-20)21(29)28-13-5-10-23(15-28,22(24)30)19-7-2-3-11-25-19/h2-4,6-9,11-12,14H,5,10,13,15H2,1H3,(H2,24,30). The molecule has 2 N–H and O–H groups in total. The van der Waals surface area contributed by atoms with E-state index in [1.54, 1.807) is 53.8 Å². The number of likely N-dealkylation sites (tertiary alicyclic amines) is 1. The summed E-state index contributed by atoms with van der Waals surface area (Å²) < 4.78 is 5.84. The Bertz CT molecular complexity index is 1090. The molecule has 4 rings (SSSR count). The average Bonchev–Trinajstić information content (AvgIpc) is 2.81. The fourth-order valence-electron chi connectivity index (χ4n) is 3.84. The van der Waals surface area contributed by atoms with Crippen molar-refractivity contribution < 1.29 is 14.3 Å². The molecule has 0 spiro atoms. The molecule has 3 aromatic rings. The molecule has 0 saturated carbocycles. The number of rotatable bonds is 5. The molecule has 0 bridgehead atoms. The number of pyridine rings is 3. The Hall–Kier alpha value is -3.81. The second-order valence-corrected chi connectivity index (χ2v) is 7.59. The smallest absolute Gasteiger partial charge is 0.259 e. The van der Waals surface area contributed by atoms with Crippen LogP contribution in [0.2, 0.25) is 0 Å². The highest BCUT2D eigenvalue weighted by Crippen LogP contribution is 2.34. The Balaban J connectivity index is 1.62. The van der Waals surface area contributed by atoms with Gasteiger partial charge in [0, 0.05) is 31.2 Å². The normalized spacial score (nSPS) is 18.4. The summed E-state index contributed by atoms with van der Waals surface area (Å²) >= 11 is 0. The van der Waals surface area contributed by atoms with Crippen LogP contribution in [0.15, 0.2) is 61.1 Å². The molecule has 2 amide bonds. The lowest BCUT2D eigenvalue weighted by Crippen LogP contribution is -2.55. The third kappa shape index (κ3) is 4.09. The predicted octanol–water partition coefficient (Wildman–Crippen LogP) is 2.63. The summed E-state index contributed by atoms with van der Waals surface area (Å²) in [4.78, 5) is 40.4. The maximum atomic E-state index is 13.4. The molecular formula is C23H23N5O3. The average molecular weight is 417 g/mol. The Morgan fingerprint density at radius 3 is 2.61 bits per heavy atom. The number of hydrogen-bond acceptors (Lipinski definition) is 6. The first-order valence-corrected chi connectivity index (χ1v) is 10.1. The minimum Gasteiger partial charge on any atom is -0.437 e. The topological polar surface area (TPSA) is 111 Å². The van der Waals surface area contributed by atoms with E-state index in [-0.39, 0.29) is 18.3 Å². The number of carbonyl (C=O) groups is 2. The van der Waals surface area contributed by atoms with Crippen molar-refractivity contribution in [2.24, 2.45) is 5.73 Å². The number of ether oxygens (including phenoxy) is 1. The molecule has 0 aromatic carbocycles. The fourth-order valence-corrected chi connectivity index (χ4v) is 3.84. The molecule has 158 valence electrons. The Morgan fingerprint density at radius 1 is 1.06 bits per heavy atom. The molecule has 1 aliphatic heterocycles. The van der Waals surface area contributed by atoms with Crippen molar-refractivity contribution in [1.29, 1.82) is 0 Å². The number of piperidine rings is 1. The summed E-state index contributed by atoms with van der Waals surface area (Å²) in [5.41, 5.74) is 6.53. The van der Waals surface area contributed by atoms with Crippen molar-refractivity contribution in [3.05, 3.63) is 78.0 Å². The predicted molar refractivity (Wildman–Crippen MR) is 114 cm³/mol. The van der Waals surface area contributed by atoms with E-state index in [2.05, 4.69) is 15.0 Å². The van der Waals surface area contributed by atoms with E-state index >= 15 is 0 Å². The van der Waals surface area contributed by atoms with Gasteiger partial charge in [-0.2, -0.15) is 0 Å². The number of amides is 2. The number of aryl methyl sites for hydroxylation is 1. The molecule has 4 heterocycles. The number of aromatic nitrogens is 3. The quantitative estimate of drug-likeness (QED) is 0.683. The summed E-state index contributed by atoms with van der Waals surface area (Å²) in [6, 6.07) is 12.3. The molecule has 1 aliphatic rings. The van der Waals surface area contributed by atoms with Crippen LogP contribution in [0.4, 0.5) is 0 Å². The van der Waals surface area contributed by atoms with Gasteiger partial charge in [0.05, 0.1) is 11.9 Å². The second kappa shape index (κ2) is 8.51. The van der Waals surface area contributed by atoms with Gasteiger partial charge in [0.25, 0.3) is 5.91 Å². The van der Waals surface area contributed by atoms with E-state index in [1.807, 2.05) is 19.1 Å². The molecule has 0 aliphatic carbocycles. The third-order valence-electron chi connectivity index (χ3n) is 5.51. The number of carbonyl (C=O) groups excluding carboxylic acids is 2. The highest BCUT2D eigenvalue weighted by atomic mass is 16.5. The van der Waals surface area contributed by atoms with Crippen LogP contribution in [0.5, 0.6) is 11.6 Å². The number of hydrogen-bond donors (Lipinski definition) is 1. The summed E-state index contributed by atoms with van der Waals surface area (Å²) in [6.45, 7) is 2.53. The number of nitrogens with two attached hydrogens (primary N) is 1. The van der Waals surface area contributed by atoms with Crippen molar-refractivity contribution in [3.63, 3.8) is 0 Å². The van der Waals surface area contributed by atoms with Gasteiger partial charge in [-0.05, 0) is 56.2 Å². The zero-order chi connectivity index (χ0) is 21.8. The molecule has 1 saturated heterocycles. The summed E-state index contributed by atoms with van der Waals surface area (Å²) in [7, 11) is 0. The van der Waals surface area contributed by atoms with Crippen LogP contribution in [0.3, 0.4) is 0 Å². The molecule has 0 radical (unpaired) electrons. The molecule has 1 atom stereocenters. The van der Waals surface area contributed by atoms with Gasteiger partial charge >= 0.3 is 0 Å². The van der Waals surface area contributed by atoms with Gasteiger partial charge in [0.15, 0.2) is 0 Å². The number of primary amides is 1. The molecule has 1 unspecified atom stereocenters. The lowest BCUT2D eigenvalue weighted by atomic mass is 9.76. The first-order chi connectivity index (χ1) is 15.0. The maximum absolute atomic E-state index is 13.4. The fraction of sp³-hybridized carbons (Fsp3) is 0.261. The first kappa shape index (κ1) is 20.5. The SMILES string of the molecule is Cc1ccc(Oc2ncccc2C(=O)N2CCCC(C(N)=O)(c3ccccn3)C2)cn1. The molecule has 31 heavy (non-hydrogen) atoms. The van der Waals surface area contributed by atoms with Crippen molar-refractivity contribution in [1.82, 2.24) is 19.9 Å². The highest BCUT2D eigenvalue weighted by Gasteiger charge is 2.45. The minimum absolute atomic E-state index is 0.151. The van der Waals surface area contributed by atoms with E-state index in [4.69, 9.17) is 10.5 Å². The lowest BCUT2D eigenvalue weighted by molar-refractivity contribution is -0.125. The van der Waals surface area contributed by atoms with Gasteiger partial charge < -0.3 is 15.4 Å². The zero-order valence-corrected chi connectivity index (χ0v) is 17.2. The van der Waals surface area contributed by atoms with Crippen LogP contribution >= 0.6 is 0 Å². The van der Waals surface area contributed by atoms with Crippen LogP contribution in [0.1, 0.15) is 34.6 Å². The van der Waals surface area contributed by atoms with Gasteiger partial charge in [-0.3, -0.25) is 19.6 Å². The first-order valence-electron chi connectivity index (χ1n) is 10.1. The molecule has 8 nitrogen and oxygen atoms in total. The van der Waals surface area contributed by atoms with Crippen LogP contribution in [-0.2, 0) is 10.2 Å². The van der Waals surface area contributed by atoms with Gasteiger partial charge in [-0.25, -0.2) is 4.98 Å². The van der Waals surface area contributed by atoms with Crippen LogP contribution in [0.25, 0.3) is 0 Å². The van der Waals surface area contributed by atoms with Gasteiger partial charge in [-0.15, -0.1) is 0 Å². The largest absolute Gasteiger partial charge is 0.437 e. The summed E-state index contributed by atoms with van der Waals surface area (Å²) in [6.07, 6.45) is 5.94. The van der Waals surface area contributed by atoms with Gasteiger partial charge in [0.1, 0.15) is 16.7 Å². The van der Waals surface area contributed by atoms with Crippen molar-refractivity contribution >= 4 is 11.8 Å².